The van der Waals surface area contributed by atoms with Crippen molar-refractivity contribution in [2.75, 3.05) is 5.32 Å². The molecule has 1 aromatic rings. The Hall–Kier alpha value is -1.01. The molecule has 108 valence electrons. The molecule has 0 unspecified atom stereocenters. The van der Waals surface area contributed by atoms with Crippen LogP contribution in [-0.4, -0.2) is 10.9 Å². The summed E-state index contributed by atoms with van der Waals surface area (Å²) in [6, 6.07) is 2.94. The van der Waals surface area contributed by atoms with Crippen LogP contribution in [0.2, 0.25) is 0 Å². The van der Waals surface area contributed by atoms with Crippen LogP contribution in [0.4, 0.5) is 10.1 Å². The topological polar surface area (TPSA) is 55.1 Å². The number of halogens is 2. The summed E-state index contributed by atoms with van der Waals surface area (Å²) in [6.45, 7) is 1.81. The lowest BCUT2D eigenvalue weighted by atomic mass is 9.85. The Balaban J connectivity index is 2.27. The van der Waals surface area contributed by atoms with Crippen LogP contribution in [0, 0.1) is 18.2 Å². The smallest absolute Gasteiger partial charge is 0.237 e. The normalized spacial score (nSPS) is 16.9. The summed E-state index contributed by atoms with van der Waals surface area (Å²) >= 11 is 8.19. The van der Waals surface area contributed by atoms with E-state index in [2.05, 4.69) is 21.2 Å². The fraction of sp³-hybridized carbons (Fsp3) is 0.429. The number of anilines is 1. The molecule has 1 aliphatic carbocycles. The van der Waals surface area contributed by atoms with Gasteiger partial charge in [0.15, 0.2) is 0 Å². The van der Waals surface area contributed by atoms with Crippen molar-refractivity contribution in [3.63, 3.8) is 0 Å². The van der Waals surface area contributed by atoms with Crippen molar-refractivity contribution < 1.29 is 9.18 Å². The summed E-state index contributed by atoms with van der Waals surface area (Å²) in [5.41, 5.74) is 6.22. The van der Waals surface area contributed by atoms with Crippen molar-refractivity contribution in [1.29, 1.82) is 0 Å². The zero-order valence-electron chi connectivity index (χ0n) is 11.1. The molecule has 0 aromatic heterocycles. The van der Waals surface area contributed by atoms with E-state index in [9.17, 15) is 9.18 Å². The number of nitrogens with two attached hydrogens (primary N) is 1. The molecule has 1 fully saturated rings. The maximum atomic E-state index is 13.6. The average molecular weight is 359 g/mol. The number of hydrogen-bond donors (Lipinski definition) is 2. The van der Waals surface area contributed by atoms with Crippen molar-refractivity contribution in [3.05, 3.63) is 28.0 Å². The molecule has 2 rings (SSSR count). The van der Waals surface area contributed by atoms with E-state index in [4.69, 9.17) is 18.0 Å². The highest BCUT2D eigenvalue weighted by Crippen LogP contribution is 2.40. The van der Waals surface area contributed by atoms with Crippen LogP contribution >= 0.6 is 28.1 Å². The van der Waals surface area contributed by atoms with Crippen molar-refractivity contribution >= 4 is 44.7 Å². The summed E-state index contributed by atoms with van der Waals surface area (Å²) in [6.07, 6.45) is 3.18. The Morgan fingerprint density at radius 2 is 2.05 bits per heavy atom. The second-order valence-corrected chi connectivity index (χ2v) is 6.48. The largest absolute Gasteiger partial charge is 0.392 e. The molecule has 0 spiro atoms. The zero-order chi connectivity index (χ0) is 14.9. The monoisotopic (exact) mass is 358 g/mol. The number of thiocarbonyl (C=S) groups is 1. The van der Waals surface area contributed by atoms with Gasteiger partial charge in [0.25, 0.3) is 0 Å². The van der Waals surface area contributed by atoms with Gasteiger partial charge >= 0.3 is 0 Å². The second kappa shape index (κ2) is 5.77. The number of rotatable bonds is 3. The van der Waals surface area contributed by atoms with Crippen LogP contribution in [0.25, 0.3) is 0 Å². The lowest BCUT2D eigenvalue weighted by Gasteiger charge is -2.26. The molecule has 6 heteroatoms. The Morgan fingerprint density at radius 1 is 1.45 bits per heavy atom. The number of benzene rings is 1. The number of nitrogens with one attached hydrogen (secondary N) is 1. The van der Waals surface area contributed by atoms with Gasteiger partial charge in [-0.3, -0.25) is 4.79 Å². The minimum Gasteiger partial charge on any atom is -0.392 e. The first-order valence-corrected chi connectivity index (χ1v) is 7.64. The molecule has 0 atom stereocenters. The molecule has 3 N–H and O–H groups in total. The molecule has 1 aliphatic rings. The molecule has 1 amide bonds. The molecule has 0 heterocycles. The van der Waals surface area contributed by atoms with Crippen LogP contribution in [0.15, 0.2) is 16.6 Å². The highest BCUT2D eigenvalue weighted by molar-refractivity contribution is 9.10. The van der Waals surface area contributed by atoms with Crippen LogP contribution in [0.1, 0.15) is 31.2 Å². The zero-order valence-corrected chi connectivity index (χ0v) is 13.5. The Labute approximate surface area is 131 Å². The first-order valence-electron chi connectivity index (χ1n) is 6.44. The molecule has 1 aromatic carbocycles. The van der Waals surface area contributed by atoms with Crippen LogP contribution in [-0.2, 0) is 4.79 Å². The third-order valence-corrected chi connectivity index (χ3v) is 4.88. The van der Waals surface area contributed by atoms with E-state index in [0.717, 1.165) is 18.4 Å². The van der Waals surface area contributed by atoms with Gasteiger partial charge in [0.05, 0.1) is 14.9 Å². The maximum absolute atomic E-state index is 13.6. The Morgan fingerprint density at radius 3 is 2.60 bits per heavy atom. The fourth-order valence-electron chi connectivity index (χ4n) is 2.59. The van der Waals surface area contributed by atoms with Gasteiger partial charge in [-0.2, -0.15) is 0 Å². The van der Waals surface area contributed by atoms with E-state index < -0.39 is 11.2 Å². The maximum Gasteiger partial charge on any atom is 0.237 e. The van der Waals surface area contributed by atoms with Crippen molar-refractivity contribution in [2.45, 2.75) is 32.6 Å². The van der Waals surface area contributed by atoms with E-state index in [1.54, 1.807) is 6.07 Å². The molecule has 3 nitrogen and oxygen atoms in total. The third kappa shape index (κ3) is 2.72. The number of amides is 1. The third-order valence-electron chi connectivity index (χ3n) is 3.88. The average Bonchev–Trinajstić information content (AvgIpc) is 2.86. The lowest BCUT2D eigenvalue weighted by Crippen LogP contribution is -2.44. The first-order chi connectivity index (χ1) is 9.36. The van der Waals surface area contributed by atoms with Gasteiger partial charge in [-0.1, -0.05) is 25.1 Å². The van der Waals surface area contributed by atoms with Gasteiger partial charge in [0.2, 0.25) is 5.91 Å². The Bertz CT molecular complexity index is 571. The molecule has 20 heavy (non-hydrogen) atoms. The summed E-state index contributed by atoms with van der Waals surface area (Å²) in [7, 11) is 0. The highest BCUT2D eigenvalue weighted by Gasteiger charge is 2.44. The summed E-state index contributed by atoms with van der Waals surface area (Å²) in [5.74, 6) is -0.644. The number of carbonyl (C=O) groups is 1. The molecule has 1 saturated carbocycles. The molecular weight excluding hydrogens is 343 g/mol. The van der Waals surface area contributed by atoms with Crippen LogP contribution in [0.3, 0.4) is 0 Å². The quantitative estimate of drug-likeness (QED) is 0.810. The predicted octanol–water partition coefficient (Wildman–Crippen LogP) is 3.68. The predicted molar refractivity (Wildman–Crippen MR) is 85.2 cm³/mol. The van der Waals surface area contributed by atoms with Gasteiger partial charge in [0.1, 0.15) is 5.82 Å². The standard InChI is InChI=1S/C14H16BrFN2OS/c1-8-6-9(15)10(16)7-11(8)18-13(19)14(12(17)20)4-2-3-5-14/h6-7H,2-5H2,1H3,(H2,17,20)(H,18,19). The number of aryl methyl sites for hydroxylation is 1. The fourth-order valence-corrected chi connectivity index (χ4v) is 3.34. The minimum atomic E-state index is -0.786. The molecule has 0 radical (unpaired) electrons. The van der Waals surface area contributed by atoms with Crippen LogP contribution < -0.4 is 11.1 Å². The summed E-state index contributed by atoms with van der Waals surface area (Å²) in [4.78, 5) is 12.7. The SMILES string of the molecule is Cc1cc(Br)c(F)cc1NC(=O)C1(C(N)=S)CCCC1. The van der Waals surface area contributed by atoms with E-state index in [0.29, 0.717) is 23.0 Å². The summed E-state index contributed by atoms with van der Waals surface area (Å²) in [5, 5.41) is 2.78. The molecular formula is C14H16BrFN2OS. The van der Waals surface area contributed by atoms with Gasteiger partial charge in [-0.15, -0.1) is 0 Å². The summed E-state index contributed by atoms with van der Waals surface area (Å²) < 4.78 is 14.0. The van der Waals surface area contributed by atoms with Crippen molar-refractivity contribution in [3.8, 4) is 0 Å². The van der Waals surface area contributed by atoms with Gasteiger partial charge in [0, 0.05) is 5.69 Å². The van der Waals surface area contributed by atoms with E-state index in [1.807, 2.05) is 6.92 Å². The molecule has 0 bridgehead atoms. The van der Waals surface area contributed by atoms with Gasteiger partial charge in [-0.25, -0.2) is 4.39 Å². The Kier molecular flexibility index (Phi) is 4.44. The van der Waals surface area contributed by atoms with Crippen molar-refractivity contribution in [1.82, 2.24) is 0 Å². The minimum absolute atomic E-state index is 0.225. The highest BCUT2D eigenvalue weighted by atomic mass is 79.9. The first kappa shape index (κ1) is 15.4. The molecule has 0 aliphatic heterocycles. The van der Waals surface area contributed by atoms with Gasteiger partial charge < -0.3 is 11.1 Å². The second-order valence-electron chi connectivity index (χ2n) is 5.19. The van der Waals surface area contributed by atoms with Crippen LogP contribution in [0.5, 0.6) is 0 Å². The lowest BCUT2D eigenvalue weighted by molar-refractivity contribution is -0.122. The molecule has 0 saturated heterocycles. The van der Waals surface area contributed by atoms with Gasteiger partial charge in [-0.05, 0) is 53.4 Å². The number of carbonyl (C=O) groups excluding carboxylic acids is 1. The van der Waals surface area contributed by atoms with E-state index >= 15 is 0 Å². The number of hydrogen-bond acceptors (Lipinski definition) is 2. The van der Waals surface area contributed by atoms with Crippen molar-refractivity contribution in [2.24, 2.45) is 11.1 Å². The van der Waals surface area contributed by atoms with E-state index in [1.165, 1.54) is 6.07 Å². The van der Waals surface area contributed by atoms with E-state index in [-0.39, 0.29) is 10.9 Å².